The topological polar surface area (TPSA) is 49.8 Å². The van der Waals surface area contributed by atoms with Gasteiger partial charge in [-0.25, -0.2) is 0 Å². The van der Waals surface area contributed by atoms with Crippen LogP contribution in [0.15, 0.2) is 23.1 Å². The fourth-order valence-corrected chi connectivity index (χ4v) is 2.08. The molecule has 1 aromatic rings. The molecule has 0 bridgehead atoms. The molecule has 0 aromatic heterocycles. The van der Waals surface area contributed by atoms with Crippen LogP contribution in [0, 0.1) is 18.3 Å². The molecule has 0 aliphatic rings. The van der Waals surface area contributed by atoms with Gasteiger partial charge in [0, 0.05) is 10.6 Å². The Bertz CT molecular complexity index is 355. The number of nitrogen functional groups attached to an aromatic ring is 1. The van der Waals surface area contributed by atoms with Crippen molar-refractivity contribution in [1.29, 1.82) is 5.26 Å². The number of rotatable bonds is 3. The van der Waals surface area contributed by atoms with Crippen molar-refractivity contribution in [3.05, 3.63) is 23.8 Å². The van der Waals surface area contributed by atoms with E-state index in [1.54, 1.807) is 11.8 Å². The van der Waals surface area contributed by atoms with Gasteiger partial charge in [0.05, 0.1) is 11.3 Å². The Morgan fingerprint density at radius 1 is 1.57 bits per heavy atom. The molecule has 1 rings (SSSR count). The van der Waals surface area contributed by atoms with Crippen molar-refractivity contribution in [3.8, 4) is 6.07 Å². The van der Waals surface area contributed by atoms with Crippen molar-refractivity contribution in [1.82, 2.24) is 0 Å². The van der Waals surface area contributed by atoms with Crippen molar-refractivity contribution >= 4 is 17.4 Å². The lowest BCUT2D eigenvalue weighted by atomic mass is 10.2. The Hall–Kier alpha value is -1.14. The maximum Gasteiger partial charge on any atom is 0.0961 e. The van der Waals surface area contributed by atoms with Crippen LogP contribution in [0.2, 0.25) is 0 Å². The molecule has 0 radical (unpaired) electrons. The summed E-state index contributed by atoms with van der Waals surface area (Å²) in [6.45, 7) is 4.05. The maximum atomic E-state index is 8.85. The fraction of sp³-hybridized carbons (Fsp3) is 0.364. The van der Waals surface area contributed by atoms with Gasteiger partial charge in [-0.3, -0.25) is 0 Å². The van der Waals surface area contributed by atoms with Gasteiger partial charge in [-0.2, -0.15) is 5.26 Å². The summed E-state index contributed by atoms with van der Waals surface area (Å²) in [5.41, 5.74) is 7.62. The molecule has 74 valence electrons. The first kappa shape index (κ1) is 10.9. The van der Waals surface area contributed by atoms with Gasteiger partial charge < -0.3 is 5.73 Å². The Morgan fingerprint density at radius 3 is 2.86 bits per heavy atom. The molecule has 14 heavy (non-hydrogen) atoms. The zero-order valence-electron chi connectivity index (χ0n) is 8.45. The van der Waals surface area contributed by atoms with Crippen molar-refractivity contribution in [2.24, 2.45) is 0 Å². The molecule has 0 spiro atoms. The third-order valence-corrected chi connectivity index (χ3v) is 3.41. The van der Waals surface area contributed by atoms with Crippen molar-refractivity contribution in [3.63, 3.8) is 0 Å². The summed E-state index contributed by atoms with van der Waals surface area (Å²) in [5, 5.41) is 8.87. The van der Waals surface area contributed by atoms with Gasteiger partial charge in [-0.05, 0) is 31.0 Å². The molecule has 3 heteroatoms. The summed E-state index contributed by atoms with van der Waals surface area (Å²) in [7, 11) is 0. The van der Waals surface area contributed by atoms with Crippen LogP contribution in [0.3, 0.4) is 0 Å². The predicted molar refractivity (Wildman–Crippen MR) is 61.1 cm³/mol. The Morgan fingerprint density at radius 2 is 2.29 bits per heavy atom. The third-order valence-electron chi connectivity index (χ3n) is 2.00. The quantitative estimate of drug-likeness (QED) is 0.611. The highest BCUT2D eigenvalue weighted by molar-refractivity contribution is 8.00. The summed E-state index contributed by atoms with van der Waals surface area (Å²) in [4.78, 5) is 1.11. The van der Waals surface area contributed by atoms with Gasteiger partial charge in [0.2, 0.25) is 0 Å². The number of nitriles is 1. The number of nitrogens with two attached hydrogens (primary N) is 1. The van der Waals surface area contributed by atoms with Gasteiger partial charge in [0.25, 0.3) is 0 Å². The predicted octanol–water partition coefficient (Wildman–Crippen LogP) is 2.97. The highest BCUT2D eigenvalue weighted by atomic mass is 32.2. The minimum Gasteiger partial charge on any atom is -0.399 e. The lowest BCUT2D eigenvalue weighted by Crippen LogP contribution is -1.97. The van der Waals surface area contributed by atoms with E-state index in [9.17, 15) is 0 Å². The van der Waals surface area contributed by atoms with E-state index in [1.807, 2.05) is 32.0 Å². The summed E-state index contributed by atoms with van der Waals surface area (Å²) >= 11 is 1.59. The van der Waals surface area contributed by atoms with Crippen molar-refractivity contribution in [2.45, 2.75) is 30.4 Å². The fourth-order valence-electron chi connectivity index (χ4n) is 1.10. The summed E-state index contributed by atoms with van der Waals surface area (Å²) in [5.74, 6) is 0. The number of benzene rings is 1. The second-order valence-electron chi connectivity index (χ2n) is 3.17. The second kappa shape index (κ2) is 4.92. The summed E-state index contributed by atoms with van der Waals surface area (Å²) in [6, 6.07) is 8.07. The summed E-state index contributed by atoms with van der Waals surface area (Å²) < 4.78 is 0. The monoisotopic (exact) mass is 206 g/mol. The molecule has 0 fully saturated rings. The average Bonchev–Trinajstić information content (AvgIpc) is 2.19. The molecular weight excluding hydrogens is 192 g/mol. The highest BCUT2D eigenvalue weighted by Crippen LogP contribution is 2.29. The first-order chi connectivity index (χ1) is 6.67. The largest absolute Gasteiger partial charge is 0.399 e. The maximum absolute atomic E-state index is 8.85. The van der Waals surface area contributed by atoms with E-state index in [-0.39, 0.29) is 5.25 Å². The Kier molecular flexibility index (Phi) is 3.84. The van der Waals surface area contributed by atoms with Crippen LogP contribution in [-0.4, -0.2) is 5.25 Å². The molecule has 0 heterocycles. The Balaban J connectivity index is 2.86. The second-order valence-corrected chi connectivity index (χ2v) is 4.41. The SMILES string of the molecule is CCC(C#N)Sc1cc(N)ccc1C. The molecule has 0 amide bonds. The van der Waals surface area contributed by atoms with E-state index in [1.165, 1.54) is 5.56 Å². The minimum atomic E-state index is 0.0236. The van der Waals surface area contributed by atoms with Crippen molar-refractivity contribution in [2.75, 3.05) is 5.73 Å². The molecule has 0 saturated heterocycles. The number of hydrogen-bond donors (Lipinski definition) is 1. The van der Waals surface area contributed by atoms with Crippen LogP contribution in [0.1, 0.15) is 18.9 Å². The van der Waals surface area contributed by atoms with Crippen molar-refractivity contribution < 1.29 is 0 Å². The smallest absolute Gasteiger partial charge is 0.0961 e. The molecule has 2 N–H and O–H groups in total. The molecular formula is C11H14N2S. The zero-order valence-corrected chi connectivity index (χ0v) is 9.27. The molecule has 1 aromatic carbocycles. The number of thioether (sulfide) groups is 1. The van der Waals surface area contributed by atoms with Crippen LogP contribution in [0.4, 0.5) is 5.69 Å². The van der Waals surface area contributed by atoms with Crippen LogP contribution in [0.25, 0.3) is 0 Å². The minimum absolute atomic E-state index is 0.0236. The lowest BCUT2D eigenvalue weighted by Gasteiger charge is -2.09. The average molecular weight is 206 g/mol. The molecule has 2 nitrogen and oxygen atoms in total. The molecule has 0 aliphatic carbocycles. The molecule has 1 atom stereocenters. The standard InChI is InChI=1S/C11H14N2S/c1-3-10(7-12)14-11-6-9(13)5-4-8(11)2/h4-6,10H,3,13H2,1-2H3. The van der Waals surface area contributed by atoms with Gasteiger partial charge in [0.1, 0.15) is 0 Å². The molecule has 0 saturated carbocycles. The van der Waals surface area contributed by atoms with E-state index in [0.29, 0.717) is 0 Å². The van der Waals surface area contributed by atoms with Gasteiger partial charge in [0.15, 0.2) is 0 Å². The van der Waals surface area contributed by atoms with E-state index in [4.69, 9.17) is 11.0 Å². The zero-order chi connectivity index (χ0) is 10.6. The number of anilines is 1. The van der Waals surface area contributed by atoms with E-state index >= 15 is 0 Å². The number of nitrogens with zero attached hydrogens (tertiary/aromatic N) is 1. The van der Waals surface area contributed by atoms with Gasteiger partial charge in [-0.1, -0.05) is 13.0 Å². The normalized spacial score (nSPS) is 12.1. The lowest BCUT2D eigenvalue weighted by molar-refractivity contribution is 0.984. The molecule has 1 unspecified atom stereocenters. The van der Waals surface area contributed by atoms with E-state index in [0.717, 1.165) is 17.0 Å². The highest BCUT2D eigenvalue weighted by Gasteiger charge is 2.08. The summed E-state index contributed by atoms with van der Waals surface area (Å²) in [6.07, 6.45) is 0.857. The van der Waals surface area contributed by atoms with Gasteiger partial charge >= 0.3 is 0 Å². The van der Waals surface area contributed by atoms with Crippen LogP contribution >= 0.6 is 11.8 Å². The van der Waals surface area contributed by atoms with Crippen LogP contribution in [0.5, 0.6) is 0 Å². The van der Waals surface area contributed by atoms with Gasteiger partial charge in [-0.15, -0.1) is 11.8 Å². The van der Waals surface area contributed by atoms with Crippen LogP contribution < -0.4 is 5.73 Å². The first-order valence-corrected chi connectivity index (χ1v) is 5.47. The first-order valence-electron chi connectivity index (χ1n) is 4.59. The molecule has 0 aliphatic heterocycles. The number of aryl methyl sites for hydroxylation is 1. The van der Waals surface area contributed by atoms with Crippen LogP contribution in [-0.2, 0) is 0 Å². The van der Waals surface area contributed by atoms with E-state index in [2.05, 4.69) is 6.07 Å². The Labute approximate surface area is 89.1 Å². The number of hydrogen-bond acceptors (Lipinski definition) is 3. The third kappa shape index (κ3) is 2.68. The van der Waals surface area contributed by atoms with E-state index < -0.39 is 0 Å².